The second kappa shape index (κ2) is 8.02. The van der Waals surface area contributed by atoms with E-state index in [9.17, 15) is 8.42 Å². The predicted molar refractivity (Wildman–Crippen MR) is 108 cm³/mol. The van der Waals surface area contributed by atoms with Gasteiger partial charge in [0.15, 0.2) is 0 Å². The van der Waals surface area contributed by atoms with Crippen molar-refractivity contribution < 1.29 is 8.42 Å². The Hall–Kier alpha value is -2.51. The van der Waals surface area contributed by atoms with Crippen molar-refractivity contribution in [3.63, 3.8) is 0 Å². The molecule has 1 aromatic heterocycles. The van der Waals surface area contributed by atoms with Crippen molar-refractivity contribution in [3.8, 4) is 0 Å². The van der Waals surface area contributed by atoms with Crippen LogP contribution in [0.3, 0.4) is 0 Å². The lowest BCUT2D eigenvalue weighted by atomic mass is 10.1. The number of aromatic nitrogens is 2. The van der Waals surface area contributed by atoms with E-state index in [1.165, 1.54) is 9.87 Å². The molecule has 0 spiro atoms. The zero-order chi connectivity index (χ0) is 19.4. The maximum atomic E-state index is 12.7. The van der Waals surface area contributed by atoms with Gasteiger partial charge in [-0.3, -0.25) is 4.98 Å². The molecule has 1 N–H and O–H groups in total. The SMILES string of the molecule is CCN(CC)S(=O)(=O)c1ccc2nc(NCc3ccc(C)cc3)cnc2c1. The van der Waals surface area contributed by atoms with Crippen molar-refractivity contribution >= 4 is 26.9 Å². The summed E-state index contributed by atoms with van der Waals surface area (Å²) in [4.78, 5) is 9.16. The van der Waals surface area contributed by atoms with Gasteiger partial charge < -0.3 is 5.32 Å². The van der Waals surface area contributed by atoms with Crippen molar-refractivity contribution in [2.24, 2.45) is 0 Å². The maximum Gasteiger partial charge on any atom is 0.243 e. The monoisotopic (exact) mass is 384 g/mol. The number of rotatable bonds is 7. The summed E-state index contributed by atoms with van der Waals surface area (Å²) in [6.45, 7) is 7.23. The predicted octanol–water partition coefficient (Wildman–Crippen LogP) is 3.58. The minimum Gasteiger partial charge on any atom is -0.365 e. The molecular formula is C20H24N4O2S. The first-order valence-corrected chi connectivity index (χ1v) is 10.4. The van der Waals surface area contributed by atoms with E-state index in [2.05, 4.69) is 46.5 Å². The molecule has 0 saturated heterocycles. The summed E-state index contributed by atoms with van der Waals surface area (Å²) in [5.41, 5.74) is 3.59. The Kier molecular flexibility index (Phi) is 5.72. The molecule has 6 nitrogen and oxygen atoms in total. The molecule has 1 heterocycles. The van der Waals surface area contributed by atoms with Crippen LogP contribution in [0, 0.1) is 6.92 Å². The Morgan fingerprint density at radius 3 is 2.37 bits per heavy atom. The Morgan fingerprint density at radius 1 is 1.00 bits per heavy atom. The van der Waals surface area contributed by atoms with Crippen LogP contribution in [0.5, 0.6) is 0 Å². The van der Waals surface area contributed by atoms with E-state index in [1.807, 2.05) is 13.8 Å². The molecule has 0 aliphatic carbocycles. The molecule has 3 rings (SSSR count). The molecule has 142 valence electrons. The van der Waals surface area contributed by atoms with Gasteiger partial charge in [-0.25, -0.2) is 13.4 Å². The number of sulfonamides is 1. The van der Waals surface area contributed by atoms with Crippen molar-refractivity contribution in [1.29, 1.82) is 0 Å². The minimum atomic E-state index is -3.50. The average molecular weight is 385 g/mol. The standard InChI is InChI=1S/C20H24N4O2S/c1-4-24(5-2)27(25,26)17-10-11-18-19(12-17)21-14-20(23-18)22-13-16-8-6-15(3)7-9-16/h6-12,14H,4-5,13H2,1-3H3,(H,22,23). The van der Waals surface area contributed by atoms with Crippen LogP contribution in [0.1, 0.15) is 25.0 Å². The lowest BCUT2D eigenvalue weighted by Gasteiger charge is -2.18. The summed E-state index contributed by atoms with van der Waals surface area (Å²) in [6, 6.07) is 13.2. The van der Waals surface area contributed by atoms with Crippen LogP contribution >= 0.6 is 0 Å². The highest BCUT2D eigenvalue weighted by molar-refractivity contribution is 7.89. The van der Waals surface area contributed by atoms with E-state index in [0.29, 0.717) is 36.5 Å². The van der Waals surface area contributed by atoms with E-state index >= 15 is 0 Å². The maximum absolute atomic E-state index is 12.7. The third-order valence-electron chi connectivity index (χ3n) is 4.45. The fourth-order valence-corrected chi connectivity index (χ4v) is 4.33. The summed E-state index contributed by atoms with van der Waals surface area (Å²) in [6.07, 6.45) is 1.63. The molecule has 0 aliphatic heterocycles. The quantitative estimate of drug-likeness (QED) is 0.674. The second-order valence-electron chi connectivity index (χ2n) is 6.33. The number of nitrogens with one attached hydrogen (secondary N) is 1. The molecule has 0 amide bonds. The van der Waals surface area contributed by atoms with Crippen LogP contribution in [0.15, 0.2) is 53.6 Å². The first kappa shape index (κ1) is 19.3. The number of hydrogen-bond donors (Lipinski definition) is 1. The zero-order valence-electron chi connectivity index (χ0n) is 15.8. The van der Waals surface area contributed by atoms with Gasteiger partial charge in [0.25, 0.3) is 0 Å². The van der Waals surface area contributed by atoms with E-state index in [0.717, 1.165) is 5.56 Å². The Balaban J connectivity index is 1.81. The van der Waals surface area contributed by atoms with Crippen LogP contribution in [-0.4, -0.2) is 35.8 Å². The number of nitrogens with zero attached hydrogens (tertiary/aromatic N) is 3. The van der Waals surface area contributed by atoms with E-state index in [-0.39, 0.29) is 4.90 Å². The van der Waals surface area contributed by atoms with Crippen molar-refractivity contribution in [3.05, 3.63) is 59.8 Å². The topological polar surface area (TPSA) is 75.2 Å². The first-order chi connectivity index (χ1) is 12.9. The van der Waals surface area contributed by atoms with Crippen LogP contribution in [-0.2, 0) is 16.6 Å². The van der Waals surface area contributed by atoms with Gasteiger partial charge in [0.1, 0.15) is 5.82 Å². The molecular weight excluding hydrogens is 360 g/mol. The average Bonchev–Trinajstić information content (AvgIpc) is 2.67. The van der Waals surface area contributed by atoms with Gasteiger partial charge in [-0.15, -0.1) is 0 Å². The van der Waals surface area contributed by atoms with Gasteiger partial charge in [-0.1, -0.05) is 43.7 Å². The van der Waals surface area contributed by atoms with Gasteiger partial charge >= 0.3 is 0 Å². The normalized spacial score (nSPS) is 11.9. The first-order valence-electron chi connectivity index (χ1n) is 9.00. The van der Waals surface area contributed by atoms with Crippen LogP contribution in [0.4, 0.5) is 5.82 Å². The van der Waals surface area contributed by atoms with Crippen molar-refractivity contribution in [1.82, 2.24) is 14.3 Å². The van der Waals surface area contributed by atoms with Crippen LogP contribution < -0.4 is 5.32 Å². The fraction of sp³-hybridized carbons (Fsp3) is 0.300. The highest BCUT2D eigenvalue weighted by atomic mass is 32.2. The third-order valence-corrected chi connectivity index (χ3v) is 6.50. The number of hydrogen-bond acceptors (Lipinski definition) is 5. The molecule has 0 unspecified atom stereocenters. The fourth-order valence-electron chi connectivity index (χ4n) is 2.85. The molecule has 0 aliphatic rings. The van der Waals surface area contributed by atoms with Gasteiger partial charge in [-0.05, 0) is 30.7 Å². The molecule has 0 radical (unpaired) electrons. The summed E-state index contributed by atoms with van der Waals surface area (Å²) in [7, 11) is -3.50. The molecule has 0 saturated carbocycles. The Labute approximate surface area is 160 Å². The third kappa shape index (κ3) is 4.26. The number of anilines is 1. The lowest BCUT2D eigenvalue weighted by molar-refractivity contribution is 0.445. The highest BCUT2D eigenvalue weighted by Crippen LogP contribution is 2.21. The van der Waals surface area contributed by atoms with E-state index < -0.39 is 10.0 Å². The van der Waals surface area contributed by atoms with Gasteiger partial charge in [0.2, 0.25) is 10.0 Å². The van der Waals surface area contributed by atoms with Crippen molar-refractivity contribution in [2.45, 2.75) is 32.2 Å². The van der Waals surface area contributed by atoms with Gasteiger partial charge in [0, 0.05) is 19.6 Å². The van der Waals surface area contributed by atoms with Gasteiger partial charge in [-0.2, -0.15) is 4.31 Å². The van der Waals surface area contributed by atoms with E-state index in [1.54, 1.807) is 24.4 Å². The van der Waals surface area contributed by atoms with Crippen LogP contribution in [0.2, 0.25) is 0 Å². The minimum absolute atomic E-state index is 0.244. The molecule has 3 aromatic rings. The summed E-state index contributed by atoms with van der Waals surface area (Å²) in [5.74, 6) is 0.655. The molecule has 7 heteroatoms. The van der Waals surface area contributed by atoms with Crippen molar-refractivity contribution in [2.75, 3.05) is 18.4 Å². The second-order valence-corrected chi connectivity index (χ2v) is 8.27. The summed E-state index contributed by atoms with van der Waals surface area (Å²) in [5, 5.41) is 3.25. The molecule has 0 atom stereocenters. The molecule has 27 heavy (non-hydrogen) atoms. The number of fused-ring (bicyclic) bond motifs is 1. The Bertz CT molecular complexity index is 1030. The van der Waals surface area contributed by atoms with E-state index in [4.69, 9.17) is 0 Å². The summed E-state index contributed by atoms with van der Waals surface area (Å²) < 4.78 is 26.7. The largest absolute Gasteiger partial charge is 0.365 e. The zero-order valence-corrected chi connectivity index (χ0v) is 16.6. The Morgan fingerprint density at radius 2 is 1.70 bits per heavy atom. The molecule has 0 bridgehead atoms. The molecule has 2 aromatic carbocycles. The smallest absolute Gasteiger partial charge is 0.243 e. The lowest BCUT2D eigenvalue weighted by Crippen LogP contribution is -2.30. The van der Waals surface area contributed by atoms with Crippen LogP contribution in [0.25, 0.3) is 11.0 Å². The number of aryl methyl sites for hydroxylation is 1. The number of benzene rings is 2. The highest BCUT2D eigenvalue weighted by Gasteiger charge is 2.22. The van der Waals surface area contributed by atoms with Gasteiger partial charge in [0.05, 0.1) is 22.1 Å². The summed E-state index contributed by atoms with van der Waals surface area (Å²) >= 11 is 0. The molecule has 0 fully saturated rings.